The molecular weight excluding hydrogens is 597 g/mol. The lowest BCUT2D eigenvalue weighted by Gasteiger charge is -2.21. The first kappa shape index (κ1) is 31.3. The second kappa shape index (κ2) is 13.2. The van der Waals surface area contributed by atoms with Crippen LogP contribution in [0.1, 0.15) is 31.4 Å². The van der Waals surface area contributed by atoms with E-state index in [-0.39, 0.29) is 66.4 Å². The van der Waals surface area contributed by atoms with Crippen molar-refractivity contribution in [3.63, 3.8) is 0 Å². The van der Waals surface area contributed by atoms with Gasteiger partial charge >= 0.3 is 6.18 Å². The molecule has 0 unspecified atom stereocenters. The number of benzene rings is 1. The highest BCUT2D eigenvalue weighted by Crippen LogP contribution is 2.36. The number of anilines is 1. The third-order valence-electron chi connectivity index (χ3n) is 7.36. The van der Waals surface area contributed by atoms with Gasteiger partial charge in [0.15, 0.2) is 0 Å². The number of hydrogen-bond acceptors (Lipinski definition) is 8. The summed E-state index contributed by atoms with van der Waals surface area (Å²) in [5, 5.41) is 22.5. The van der Waals surface area contributed by atoms with Crippen LogP contribution in [0.25, 0.3) is 33.4 Å². The van der Waals surface area contributed by atoms with Gasteiger partial charge in [0, 0.05) is 64.3 Å². The Labute approximate surface area is 255 Å². The van der Waals surface area contributed by atoms with Gasteiger partial charge in [0.2, 0.25) is 5.95 Å². The van der Waals surface area contributed by atoms with Crippen molar-refractivity contribution in [1.82, 2.24) is 24.5 Å². The number of halogens is 4. The number of hydrogen-bond donors (Lipinski definition) is 3. The number of nitrogens with zero attached hydrogens (tertiary/aromatic N) is 5. The number of aliphatic hydroxyl groups is 2. The van der Waals surface area contributed by atoms with Crippen molar-refractivity contribution in [2.75, 3.05) is 18.5 Å². The quantitative estimate of drug-likeness (QED) is 0.207. The topological polar surface area (TPSA) is 126 Å². The van der Waals surface area contributed by atoms with E-state index in [0.29, 0.717) is 35.0 Å². The second-order valence-corrected chi connectivity index (χ2v) is 10.9. The Morgan fingerprint density at radius 2 is 1.84 bits per heavy atom. The summed E-state index contributed by atoms with van der Waals surface area (Å²) in [7, 11) is 0. The molecule has 0 aliphatic heterocycles. The van der Waals surface area contributed by atoms with E-state index in [4.69, 9.17) is 11.6 Å². The van der Waals surface area contributed by atoms with Gasteiger partial charge in [0.1, 0.15) is 5.65 Å². The van der Waals surface area contributed by atoms with Crippen molar-refractivity contribution >= 4 is 28.6 Å². The molecule has 5 rings (SSSR count). The monoisotopic (exact) mass is 626 g/mol. The highest BCUT2D eigenvalue weighted by Gasteiger charge is 2.36. The number of aromatic nitrogens is 5. The molecule has 1 aromatic carbocycles. The maximum atomic E-state index is 14.1. The van der Waals surface area contributed by atoms with Crippen LogP contribution in [0, 0.1) is 6.92 Å². The van der Waals surface area contributed by atoms with Gasteiger partial charge in [0.05, 0.1) is 24.1 Å². The zero-order valence-corrected chi connectivity index (χ0v) is 24.5. The zero-order chi connectivity index (χ0) is 31.4. The number of rotatable bonds is 10. The third-order valence-corrected chi connectivity index (χ3v) is 7.68. The number of aliphatic hydroxyl groups excluding tert-OH is 2. The number of alkyl halides is 3. The molecule has 9 nitrogen and oxygen atoms in total. The summed E-state index contributed by atoms with van der Waals surface area (Å²) in [6.07, 6.45) is 3.86. The van der Waals surface area contributed by atoms with Gasteiger partial charge in [-0.25, -0.2) is 9.97 Å². The van der Waals surface area contributed by atoms with Crippen molar-refractivity contribution in [3.8, 4) is 22.4 Å². The van der Waals surface area contributed by atoms with Gasteiger partial charge < -0.3 is 15.5 Å². The Morgan fingerprint density at radius 3 is 2.52 bits per heavy atom. The summed E-state index contributed by atoms with van der Waals surface area (Å²) >= 11 is 6.70. The molecule has 0 spiro atoms. The first-order valence-electron chi connectivity index (χ1n) is 14.0. The lowest BCUT2D eigenvalue weighted by Crippen LogP contribution is -2.27. The van der Waals surface area contributed by atoms with E-state index in [9.17, 15) is 28.2 Å². The molecule has 230 valence electrons. The molecule has 1 aliphatic rings. The minimum Gasteiger partial charge on any atom is -0.396 e. The number of fused-ring (bicyclic) bond motifs is 1. The van der Waals surface area contributed by atoms with Crippen LogP contribution in [0.15, 0.2) is 70.9 Å². The normalized spacial score (nSPS) is 13.7. The first-order valence-corrected chi connectivity index (χ1v) is 14.4. The molecule has 1 aliphatic carbocycles. The molecule has 0 atom stereocenters. The summed E-state index contributed by atoms with van der Waals surface area (Å²) in [5.74, 6) is 0.108. The van der Waals surface area contributed by atoms with E-state index in [2.05, 4.69) is 25.3 Å². The number of nitrogens with one attached hydrogen (secondary N) is 1. The van der Waals surface area contributed by atoms with Gasteiger partial charge in [-0.2, -0.15) is 18.2 Å². The molecule has 3 heterocycles. The predicted molar refractivity (Wildman–Crippen MR) is 162 cm³/mol. The van der Waals surface area contributed by atoms with Crippen molar-refractivity contribution < 1.29 is 23.4 Å². The van der Waals surface area contributed by atoms with Crippen LogP contribution in [0.3, 0.4) is 0 Å². The van der Waals surface area contributed by atoms with Crippen LogP contribution in [-0.2, 0) is 6.54 Å². The van der Waals surface area contributed by atoms with Gasteiger partial charge in [-0.1, -0.05) is 35.9 Å². The van der Waals surface area contributed by atoms with Gasteiger partial charge in [-0.3, -0.25) is 14.3 Å². The van der Waals surface area contributed by atoms with Crippen LogP contribution < -0.4 is 10.9 Å². The van der Waals surface area contributed by atoms with Gasteiger partial charge in [-0.15, -0.1) is 0 Å². The molecule has 13 heteroatoms. The Balaban J connectivity index is 1.66. The Bertz CT molecular complexity index is 1800. The van der Waals surface area contributed by atoms with E-state index in [0.717, 1.165) is 5.69 Å². The Morgan fingerprint density at radius 1 is 1.07 bits per heavy atom. The fourth-order valence-electron chi connectivity index (χ4n) is 5.20. The van der Waals surface area contributed by atoms with E-state index >= 15 is 0 Å². The SMILES string of the molecule is Cc1cncc(-c2ccc(-c3cc4cnc(NC(CCO)CCO)nc4n(CC4=C(C(F)(F)F)CCC=C4)c3=O)c(Cl)c2)n1. The Hall–Kier alpha value is -4.13. The van der Waals surface area contributed by atoms with E-state index in [1.165, 1.54) is 16.8 Å². The van der Waals surface area contributed by atoms with Gasteiger partial charge in [0.25, 0.3) is 5.56 Å². The smallest absolute Gasteiger partial charge is 0.396 e. The molecule has 0 radical (unpaired) electrons. The van der Waals surface area contributed by atoms with E-state index in [1.807, 2.05) is 6.92 Å². The molecule has 0 bridgehead atoms. The van der Waals surface area contributed by atoms with E-state index < -0.39 is 17.3 Å². The molecule has 3 N–H and O–H groups in total. The molecule has 0 fully saturated rings. The highest BCUT2D eigenvalue weighted by atomic mass is 35.5. The summed E-state index contributed by atoms with van der Waals surface area (Å²) in [4.78, 5) is 31.6. The van der Waals surface area contributed by atoms with Crippen LogP contribution in [0.5, 0.6) is 0 Å². The predicted octanol–water partition coefficient (Wildman–Crippen LogP) is 5.63. The minimum atomic E-state index is -4.56. The highest BCUT2D eigenvalue weighted by molar-refractivity contribution is 6.33. The molecule has 0 saturated heterocycles. The molecular formula is C31H30ClF3N6O3. The average molecular weight is 627 g/mol. The fourth-order valence-corrected chi connectivity index (χ4v) is 5.49. The lowest BCUT2D eigenvalue weighted by molar-refractivity contribution is -0.0949. The van der Waals surface area contributed by atoms with Crippen LogP contribution in [-0.4, -0.2) is 60.1 Å². The van der Waals surface area contributed by atoms with Crippen molar-refractivity contribution in [2.24, 2.45) is 0 Å². The molecule has 44 heavy (non-hydrogen) atoms. The third kappa shape index (κ3) is 6.82. The summed E-state index contributed by atoms with van der Waals surface area (Å²) in [5.41, 5.74) is 1.37. The maximum Gasteiger partial charge on any atom is 0.413 e. The van der Waals surface area contributed by atoms with Crippen molar-refractivity contribution in [2.45, 2.75) is 51.4 Å². The van der Waals surface area contributed by atoms with Crippen LogP contribution in [0.4, 0.5) is 19.1 Å². The zero-order valence-electron chi connectivity index (χ0n) is 23.8. The standard InChI is InChI=1S/C31H30ClF3N6O3/c1-18-14-36-16-27(38-18)19-6-7-23(26(32)13-19)24-12-21-15-37-30(39-22(8-10-42)9-11-43)40-28(21)41(29(24)44)17-20-4-2-3-5-25(20)31(33,34)35/h2,4,6-7,12-16,22,42-43H,3,5,8-11,17H2,1H3,(H,37,39,40). The fraction of sp³-hybridized carbons (Fsp3) is 0.323. The Kier molecular flexibility index (Phi) is 9.42. The lowest BCUT2D eigenvalue weighted by atomic mass is 9.96. The van der Waals surface area contributed by atoms with Crippen LogP contribution >= 0.6 is 11.6 Å². The average Bonchev–Trinajstić information content (AvgIpc) is 2.99. The van der Waals surface area contributed by atoms with Crippen LogP contribution in [0.2, 0.25) is 5.02 Å². The van der Waals surface area contributed by atoms with E-state index in [1.54, 1.807) is 42.7 Å². The summed E-state index contributed by atoms with van der Waals surface area (Å²) < 4.78 is 43.1. The molecule has 0 amide bonds. The largest absolute Gasteiger partial charge is 0.413 e. The first-order chi connectivity index (χ1) is 21.1. The maximum absolute atomic E-state index is 14.1. The second-order valence-electron chi connectivity index (χ2n) is 10.5. The number of aryl methyl sites for hydroxylation is 1. The van der Waals surface area contributed by atoms with Crippen molar-refractivity contribution in [1.29, 1.82) is 0 Å². The number of allylic oxidation sites excluding steroid dienone is 4. The minimum absolute atomic E-state index is 0.0321. The summed E-state index contributed by atoms with van der Waals surface area (Å²) in [6, 6.07) is 6.28. The molecule has 3 aromatic heterocycles. The van der Waals surface area contributed by atoms with Crippen molar-refractivity contribution in [3.05, 3.63) is 87.2 Å². The molecule has 4 aromatic rings. The number of pyridine rings is 1. The van der Waals surface area contributed by atoms with Gasteiger partial charge in [-0.05, 0) is 50.3 Å². The molecule has 0 saturated carbocycles. The summed E-state index contributed by atoms with van der Waals surface area (Å²) in [6.45, 7) is 1.15.